The molecule has 1 aromatic heterocycles. The van der Waals surface area contributed by atoms with E-state index >= 15 is 0 Å². The third-order valence-electron chi connectivity index (χ3n) is 3.73. The van der Waals surface area contributed by atoms with Gasteiger partial charge in [0.1, 0.15) is 5.56 Å². The first-order valence-electron chi connectivity index (χ1n) is 9.38. The fourth-order valence-electron chi connectivity index (χ4n) is 2.39. The summed E-state index contributed by atoms with van der Waals surface area (Å²) in [6.07, 6.45) is 6.87. The molecule has 1 aromatic rings. The predicted molar refractivity (Wildman–Crippen MR) is 106 cm³/mol. The van der Waals surface area contributed by atoms with Crippen LogP contribution < -0.4 is 10.2 Å². The highest BCUT2D eigenvalue weighted by molar-refractivity contribution is 7.80. The van der Waals surface area contributed by atoms with Crippen LogP contribution in [0.1, 0.15) is 70.2 Å². The molecule has 0 aromatic carbocycles. The predicted octanol–water partition coefficient (Wildman–Crippen LogP) is 3.75. The molecule has 25 heavy (non-hydrogen) atoms. The fourth-order valence-corrected chi connectivity index (χ4v) is 2.67. The molecule has 1 N–H and O–H groups in total. The van der Waals surface area contributed by atoms with Crippen LogP contribution in [0, 0.1) is 0 Å². The maximum absolute atomic E-state index is 12.4. The van der Waals surface area contributed by atoms with Crippen molar-refractivity contribution in [2.75, 3.05) is 24.6 Å². The number of ether oxygens (including phenoxy) is 1. The Morgan fingerprint density at radius 2 is 1.96 bits per heavy atom. The topological polar surface area (TPSA) is 59.4 Å². The Morgan fingerprint density at radius 3 is 2.56 bits per heavy atom. The lowest BCUT2D eigenvalue weighted by atomic mass is 10.2. The number of hydrogen-bond acceptors (Lipinski definition) is 4. The van der Waals surface area contributed by atoms with Gasteiger partial charge < -0.3 is 15.0 Å². The molecule has 6 nitrogen and oxygen atoms in total. The summed E-state index contributed by atoms with van der Waals surface area (Å²) in [6.45, 7) is 10.8. The summed E-state index contributed by atoms with van der Waals surface area (Å²) < 4.78 is 7.01. The van der Waals surface area contributed by atoms with Gasteiger partial charge in [-0.05, 0) is 38.4 Å². The molecular formula is C18H32N4O2S. The Hall–Kier alpha value is -1.63. The van der Waals surface area contributed by atoms with Gasteiger partial charge in [0, 0.05) is 25.8 Å². The van der Waals surface area contributed by atoms with Gasteiger partial charge in [-0.25, -0.2) is 4.79 Å². The number of unbranched alkanes of at least 4 members (excludes halogenated alkanes) is 2. The summed E-state index contributed by atoms with van der Waals surface area (Å²) in [5, 5.41) is 8.53. The number of carbonyl (C=O) groups is 1. The molecule has 0 unspecified atom stereocenters. The van der Waals surface area contributed by atoms with Crippen molar-refractivity contribution in [3.05, 3.63) is 11.8 Å². The van der Waals surface area contributed by atoms with Gasteiger partial charge in [-0.1, -0.05) is 33.6 Å². The average molecular weight is 369 g/mol. The molecule has 0 aliphatic carbocycles. The second-order valence-corrected chi connectivity index (χ2v) is 6.33. The van der Waals surface area contributed by atoms with E-state index in [2.05, 4.69) is 31.2 Å². The number of anilines is 1. The largest absolute Gasteiger partial charge is 0.462 e. The van der Waals surface area contributed by atoms with Gasteiger partial charge in [0.2, 0.25) is 0 Å². The van der Waals surface area contributed by atoms with E-state index in [9.17, 15) is 4.79 Å². The average Bonchev–Trinajstić information content (AvgIpc) is 3.00. The molecule has 7 heteroatoms. The Kier molecular flexibility index (Phi) is 10.1. The molecule has 0 aliphatic rings. The van der Waals surface area contributed by atoms with Gasteiger partial charge in [0.05, 0.1) is 6.61 Å². The van der Waals surface area contributed by atoms with Crippen molar-refractivity contribution >= 4 is 29.1 Å². The maximum Gasteiger partial charge on any atom is 0.343 e. The monoisotopic (exact) mass is 368 g/mol. The van der Waals surface area contributed by atoms with Crippen LogP contribution in [-0.2, 0) is 11.3 Å². The van der Waals surface area contributed by atoms with E-state index < -0.39 is 0 Å². The number of rotatable bonds is 11. The molecule has 0 saturated carbocycles. The van der Waals surface area contributed by atoms with Crippen molar-refractivity contribution < 1.29 is 9.53 Å². The van der Waals surface area contributed by atoms with Crippen LogP contribution in [0.5, 0.6) is 0 Å². The van der Waals surface area contributed by atoms with E-state index in [1.807, 2.05) is 4.90 Å². The molecule has 0 bridgehead atoms. The molecule has 142 valence electrons. The number of aromatic nitrogens is 2. The van der Waals surface area contributed by atoms with Crippen LogP contribution in [0.3, 0.4) is 0 Å². The summed E-state index contributed by atoms with van der Waals surface area (Å²) in [5.74, 6) is 0.243. The van der Waals surface area contributed by atoms with Crippen molar-refractivity contribution in [1.29, 1.82) is 0 Å². The van der Waals surface area contributed by atoms with Crippen LogP contribution in [-0.4, -0.2) is 40.6 Å². The number of carbonyl (C=O) groups excluding carboxylic acids is 1. The Morgan fingerprint density at radius 1 is 1.24 bits per heavy atom. The molecular weight excluding hydrogens is 336 g/mol. The number of nitrogens with zero attached hydrogens (tertiary/aromatic N) is 3. The SMILES string of the molecule is CCCCNC(=S)N(CCCC)c1nn(CCC)cc1C(=O)OCC. The minimum Gasteiger partial charge on any atom is -0.462 e. The molecule has 0 aliphatic heterocycles. The Balaban J connectivity index is 3.11. The molecule has 0 amide bonds. The van der Waals surface area contributed by atoms with Crippen molar-refractivity contribution in [3.63, 3.8) is 0 Å². The van der Waals surface area contributed by atoms with Gasteiger partial charge in [0.25, 0.3) is 0 Å². The second-order valence-electron chi connectivity index (χ2n) is 5.94. The van der Waals surface area contributed by atoms with Gasteiger partial charge in [-0.3, -0.25) is 4.68 Å². The van der Waals surface area contributed by atoms with Gasteiger partial charge in [-0.15, -0.1) is 0 Å². The first-order valence-corrected chi connectivity index (χ1v) is 9.79. The fraction of sp³-hybridized carbons (Fsp3) is 0.722. The van der Waals surface area contributed by atoms with E-state index in [1.54, 1.807) is 17.8 Å². The summed E-state index contributed by atoms with van der Waals surface area (Å²) in [4.78, 5) is 14.3. The number of thiocarbonyl (C=S) groups is 1. The quantitative estimate of drug-likeness (QED) is 0.365. The Bertz CT molecular complexity index is 545. The van der Waals surface area contributed by atoms with Crippen LogP contribution >= 0.6 is 12.2 Å². The number of aryl methyl sites for hydroxylation is 1. The lowest BCUT2D eigenvalue weighted by Crippen LogP contribution is -2.41. The van der Waals surface area contributed by atoms with Crippen molar-refractivity contribution in [2.24, 2.45) is 0 Å². The van der Waals surface area contributed by atoms with Gasteiger partial charge in [-0.2, -0.15) is 5.10 Å². The molecule has 1 heterocycles. The molecule has 0 saturated heterocycles. The number of esters is 1. The minimum atomic E-state index is -0.349. The van der Waals surface area contributed by atoms with E-state index in [1.165, 1.54) is 0 Å². The summed E-state index contributed by atoms with van der Waals surface area (Å²) in [5.41, 5.74) is 0.478. The van der Waals surface area contributed by atoms with Gasteiger partial charge in [0.15, 0.2) is 10.9 Å². The minimum absolute atomic E-state index is 0.339. The highest BCUT2D eigenvalue weighted by Gasteiger charge is 2.24. The first-order chi connectivity index (χ1) is 12.1. The van der Waals surface area contributed by atoms with E-state index in [0.29, 0.717) is 23.1 Å². The number of hydrogen-bond donors (Lipinski definition) is 1. The van der Waals surface area contributed by atoms with E-state index in [0.717, 1.165) is 51.7 Å². The molecule has 0 spiro atoms. The summed E-state index contributed by atoms with van der Waals surface area (Å²) in [7, 11) is 0. The van der Waals surface area contributed by atoms with E-state index in [4.69, 9.17) is 17.0 Å². The third-order valence-corrected chi connectivity index (χ3v) is 4.10. The highest BCUT2D eigenvalue weighted by Crippen LogP contribution is 2.21. The highest BCUT2D eigenvalue weighted by atomic mass is 32.1. The van der Waals surface area contributed by atoms with Crippen LogP contribution in [0.15, 0.2) is 6.20 Å². The van der Waals surface area contributed by atoms with Crippen molar-refractivity contribution in [1.82, 2.24) is 15.1 Å². The normalized spacial score (nSPS) is 10.6. The summed E-state index contributed by atoms with van der Waals surface area (Å²) >= 11 is 5.58. The lowest BCUT2D eigenvalue weighted by molar-refractivity contribution is 0.0527. The van der Waals surface area contributed by atoms with Crippen molar-refractivity contribution in [3.8, 4) is 0 Å². The first kappa shape index (κ1) is 21.4. The van der Waals surface area contributed by atoms with Crippen molar-refractivity contribution in [2.45, 2.75) is 66.3 Å². The van der Waals surface area contributed by atoms with Crippen LogP contribution in [0.25, 0.3) is 0 Å². The molecule has 1 rings (SSSR count). The molecule has 0 fully saturated rings. The molecule has 0 atom stereocenters. The zero-order valence-corrected chi connectivity index (χ0v) is 16.8. The second kappa shape index (κ2) is 11.8. The van der Waals surface area contributed by atoms with E-state index in [-0.39, 0.29) is 5.97 Å². The third kappa shape index (κ3) is 6.65. The zero-order chi connectivity index (χ0) is 18.7. The van der Waals surface area contributed by atoms with Gasteiger partial charge >= 0.3 is 5.97 Å². The summed E-state index contributed by atoms with van der Waals surface area (Å²) in [6, 6.07) is 0. The van der Waals surface area contributed by atoms with Crippen LogP contribution in [0.2, 0.25) is 0 Å². The zero-order valence-electron chi connectivity index (χ0n) is 16.0. The Labute approximate surface area is 156 Å². The number of nitrogens with one attached hydrogen (secondary N) is 1. The maximum atomic E-state index is 12.4. The lowest BCUT2D eigenvalue weighted by Gasteiger charge is -2.24. The van der Waals surface area contributed by atoms with Crippen LogP contribution in [0.4, 0.5) is 5.82 Å². The standard InChI is InChI=1S/C18H32N4O2S/c1-5-9-11-19-18(25)22(13-10-6-2)16-15(17(23)24-8-4)14-21(20-16)12-7-3/h14H,5-13H2,1-4H3,(H,19,25). The smallest absolute Gasteiger partial charge is 0.343 e. The molecule has 0 radical (unpaired) electrons.